The number of hydrogen-bond donors (Lipinski definition) is 1. The Morgan fingerprint density at radius 2 is 2.25 bits per heavy atom. The zero-order valence-electron chi connectivity index (χ0n) is 9.19. The molecule has 2 rings (SSSR count). The zero-order valence-corrected chi connectivity index (χ0v) is 10.8. The molecule has 0 aromatic heterocycles. The van der Waals surface area contributed by atoms with Gasteiger partial charge in [-0.1, -0.05) is 0 Å². The van der Waals surface area contributed by atoms with Gasteiger partial charge in [-0.15, -0.1) is 11.8 Å². The highest BCUT2D eigenvalue weighted by Crippen LogP contribution is 2.31. The van der Waals surface area contributed by atoms with Gasteiger partial charge in [-0.05, 0) is 49.3 Å². The van der Waals surface area contributed by atoms with E-state index in [0.717, 1.165) is 12.2 Å². The highest BCUT2D eigenvalue weighted by Gasteiger charge is 2.12. The smallest absolute Gasteiger partial charge is 0.232 e. The topological polar surface area (TPSA) is 46.2 Å². The van der Waals surface area contributed by atoms with Crippen molar-refractivity contribution in [1.29, 1.82) is 0 Å². The van der Waals surface area contributed by atoms with Crippen molar-refractivity contribution in [3.63, 3.8) is 0 Å². The van der Waals surface area contributed by atoms with Gasteiger partial charge in [-0.2, -0.15) is 0 Å². The van der Waals surface area contributed by atoms with Crippen LogP contribution in [-0.2, 0) is 16.4 Å². The first kappa shape index (κ1) is 11.8. The second kappa shape index (κ2) is 4.67. The molecule has 0 unspecified atom stereocenters. The van der Waals surface area contributed by atoms with Crippen molar-refractivity contribution in [2.24, 2.45) is 0 Å². The predicted molar refractivity (Wildman–Crippen MR) is 68.6 cm³/mol. The maximum atomic E-state index is 11.4. The van der Waals surface area contributed by atoms with Gasteiger partial charge in [0.15, 0.2) is 0 Å². The van der Waals surface area contributed by atoms with Gasteiger partial charge in [0, 0.05) is 10.6 Å². The Balaban J connectivity index is 2.24. The molecule has 0 bridgehead atoms. The molecule has 0 saturated carbocycles. The SMILES string of the molecule is CCS(=O)(=O)Nc1ccc2c(c1)CCCS2. The standard InChI is InChI=1S/C11H15NO2S2/c1-2-16(13,14)12-10-5-6-11-9(8-10)4-3-7-15-11/h5-6,8,12H,2-4,7H2,1H3. The van der Waals surface area contributed by atoms with Crippen LogP contribution < -0.4 is 4.72 Å². The van der Waals surface area contributed by atoms with Gasteiger partial charge >= 0.3 is 0 Å². The molecule has 0 saturated heterocycles. The van der Waals surface area contributed by atoms with Gasteiger partial charge in [-0.25, -0.2) is 8.42 Å². The third kappa shape index (κ3) is 2.71. The summed E-state index contributed by atoms with van der Waals surface area (Å²) in [7, 11) is -3.16. The zero-order chi connectivity index (χ0) is 11.6. The molecule has 0 fully saturated rings. The van der Waals surface area contributed by atoms with Gasteiger partial charge in [0.25, 0.3) is 0 Å². The number of rotatable bonds is 3. The first-order chi connectivity index (χ1) is 7.61. The fourth-order valence-electron chi connectivity index (χ4n) is 1.68. The van der Waals surface area contributed by atoms with E-state index < -0.39 is 10.0 Å². The summed E-state index contributed by atoms with van der Waals surface area (Å²) >= 11 is 1.84. The number of thioether (sulfide) groups is 1. The molecule has 0 atom stereocenters. The van der Waals surface area contributed by atoms with Crippen molar-refractivity contribution >= 4 is 27.5 Å². The Morgan fingerprint density at radius 1 is 1.44 bits per heavy atom. The summed E-state index contributed by atoms with van der Waals surface area (Å²) < 4.78 is 25.4. The quantitative estimate of drug-likeness (QED) is 0.905. The summed E-state index contributed by atoms with van der Waals surface area (Å²) in [5, 5.41) is 0. The third-order valence-corrected chi connectivity index (χ3v) is 5.07. The number of hydrogen-bond acceptors (Lipinski definition) is 3. The predicted octanol–water partition coefficient (Wildman–Crippen LogP) is 2.49. The van der Waals surface area contributed by atoms with E-state index in [1.54, 1.807) is 6.92 Å². The summed E-state index contributed by atoms with van der Waals surface area (Å²) in [6.07, 6.45) is 2.21. The molecule has 0 spiro atoms. The first-order valence-electron chi connectivity index (χ1n) is 5.37. The number of nitrogens with one attached hydrogen (secondary N) is 1. The van der Waals surface area contributed by atoms with Crippen LogP contribution in [0.15, 0.2) is 23.1 Å². The molecule has 1 heterocycles. The van der Waals surface area contributed by atoms with Gasteiger partial charge in [0.2, 0.25) is 10.0 Å². The lowest BCUT2D eigenvalue weighted by Gasteiger charge is -2.16. The maximum Gasteiger partial charge on any atom is 0.232 e. The van der Waals surface area contributed by atoms with Crippen molar-refractivity contribution in [1.82, 2.24) is 0 Å². The average Bonchev–Trinajstić information content (AvgIpc) is 2.28. The molecule has 0 amide bonds. The molecule has 1 N–H and O–H groups in total. The van der Waals surface area contributed by atoms with Crippen LogP contribution in [0.3, 0.4) is 0 Å². The van der Waals surface area contributed by atoms with E-state index >= 15 is 0 Å². The van der Waals surface area contributed by atoms with Gasteiger partial charge in [0.05, 0.1) is 5.75 Å². The summed E-state index contributed by atoms with van der Waals surface area (Å²) in [5.74, 6) is 1.27. The number of fused-ring (bicyclic) bond motifs is 1. The molecule has 16 heavy (non-hydrogen) atoms. The molecule has 0 radical (unpaired) electrons. The number of benzene rings is 1. The normalized spacial score (nSPS) is 15.6. The van der Waals surface area contributed by atoms with Crippen molar-refractivity contribution in [2.45, 2.75) is 24.7 Å². The molecule has 1 aromatic rings. The molecule has 88 valence electrons. The molecule has 5 heteroatoms. The Labute approximate surface area is 101 Å². The average molecular weight is 257 g/mol. The Bertz CT molecular complexity index is 483. The lowest BCUT2D eigenvalue weighted by atomic mass is 10.1. The van der Waals surface area contributed by atoms with Crippen LogP contribution in [0, 0.1) is 0 Å². The van der Waals surface area contributed by atoms with E-state index in [2.05, 4.69) is 4.72 Å². The molecule has 0 aliphatic carbocycles. The maximum absolute atomic E-state index is 11.4. The fraction of sp³-hybridized carbons (Fsp3) is 0.455. The minimum Gasteiger partial charge on any atom is -0.284 e. The number of sulfonamides is 1. The number of aryl methyl sites for hydroxylation is 1. The van der Waals surface area contributed by atoms with Crippen LogP contribution >= 0.6 is 11.8 Å². The monoisotopic (exact) mass is 257 g/mol. The van der Waals surface area contributed by atoms with E-state index in [0.29, 0.717) is 5.69 Å². The van der Waals surface area contributed by atoms with Gasteiger partial charge < -0.3 is 0 Å². The highest BCUT2D eigenvalue weighted by atomic mass is 32.2. The Hall–Kier alpha value is -0.680. The van der Waals surface area contributed by atoms with Crippen LogP contribution in [0.4, 0.5) is 5.69 Å². The minimum absolute atomic E-state index is 0.110. The highest BCUT2D eigenvalue weighted by molar-refractivity contribution is 7.99. The van der Waals surface area contributed by atoms with E-state index in [-0.39, 0.29) is 5.75 Å². The summed E-state index contributed by atoms with van der Waals surface area (Å²) in [5.41, 5.74) is 1.94. The molecular weight excluding hydrogens is 242 g/mol. The summed E-state index contributed by atoms with van der Waals surface area (Å²) in [6, 6.07) is 5.80. The van der Waals surface area contributed by atoms with Crippen LogP contribution in [0.5, 0.6) is 0 Å². The minimum atomic E-state index is -3.16. The van der Waals surface area contributed by atoms with Crippen molar-refractivity contribution in [3.8, 4) is 0 Å². The molecule has 1 aliphatic rings. The van der Waals surface area contributed by atoms with Gasteiger partial charge in [-0.3, -0.25) is 4.72 Å². The molecule has 1 aromatic carbocycles. The van der Waals surface area contributed by atoms with Crippen LogP contribution in [-0.4, -0.2) is 19.9 Å². The third-order valence-electron chi connectivity index (χ3n) is 2.56. The van der Waals surface area contributed by atoms with Crippen LogP contribution in [0.25, 0.3) is 0 Å². The van der Waals surface area contributed by atoms with E-state index in [1.807, 2.05) is 30.0 Å². The van der Waals surface area contributed by atoms with Crippen molar-refractivity contribution in [3.05, 3.63) is 23.8 Å². The number of anilines is 1. The second-order valence-corrected chi connectivity index (χ2v) is 6.93. The van der Waals surface area contributed by atoms with E-state index in [4.69, 9.17) is 0 Å². The molecule has 3 nitrogen and oxygen atoms in total. The fourth-order valence-corrected chi connectivity index (χ4v) is 3.33. The van der Waals surface area contributed by atoms with Crippen LogP contribution in [0.2, 0.25) is 0 Å². The van der Waals surface area contributed by atoms with E-state index in [9.17, 15) is 8.42 Å². The largest absolute Gasteiger partial charge is 0.284 e. The first-order valence-corrected chi connectivity index (χ1v) is 8.01. The Kier molecular flexibility index (Phi) is 3.44. The molecule has 1 aliphatic heterocycles. The molecular formula is C11H15NO2S2. The summed E-state index contributed by atoms with van der Waals surface area (Å²) in [6.45, 7) is 1.64. The van der Waals surface area contributed by atoms with Gasteiger partial charge in [0.1, 0.15) is 0 Å². The summed E-state index contributed by atoms with van der Waals surface area (Å²) in [4.78, 5) is 1.28. The lowest BCUT2D eigenvalue weighted by molar-refractivity contribution is 0.602. The van der Waals surface area contributed by atoms with Crippen molar-refractivity contribution < 1.29 is 8.42 Å². The second-order valence-electron chi connectivity index (χ2n) is 3.78. The van der Waals surface area contributed by atoms with Crippen molar-refractivity contribution in [2.75, 3.05) is 16.2 Å². The van der Waals surface area contributed by atoms with Crippen LogP contribution in [0.1, 0.15) is 18.9 Å². The lowest BCUT2D eigenvalue weighted by Crippen LogP contribution is -2.15. The Morgan fingerprint density at radius 3 is 3.00 bits per heavy atom. The van der Waals surface area contributed by atoms with E-state index in [1.165, 1.54) is 16.9 Å².